The highest BCUT2D eigenvalue weighted by atomic mass is 127. The van der Waals surface area contributed by atoms with Crippen molar-refractivity contribution in [3.05, 3.63) is 66.0 Å². The molecule has 0 aromatic heterocycles. The Labute approximate surface area is 185 Å². The highest BCUT2D eigenvalue weighted by molar-refractivity contribution is 14.0. The molecule has 2 aromatic rings. The summed E-state index contributed by atoms with van der Waals surface area (Å²) in [5.74, 6) is 1.04. The van der Waals surface area contributed by atoms with Crippen LogP contribution in [0.3, 0.4) is 0 Å². The van der Waals surface area contributed by atoms with Crippen LogP contribution in [0.4, 0.5) is 4.39 Å². The first-order valence-corrected chi connectivity index (χ1v) is 10.7. The maximum atomic E-state index is 14.1. The zero-order chi connectivity index (χ0) is 19.1. The molecule has 0 heterocycles. The quantitative estimate of drug-likeness (QED) is 0.319. The Morgan fingerprint density at radius 3 is 2.43 bits per heavy atom. The average Bonchev–Trinajstić information content (AvgIpc) is 3.48. The smallest absolute Gasteiger partial charge is 0.191 e. The summed E-state index contributed by atoms with van der Waals surface area (Å²) in [5, 5.41) is 6.45. The molecule has 0 spiro atoms. The summed E-state index contributed by atoms with van der Waals surface area (Å²) in [4.78, 5) is 5.49. The molecule has 1 saturated carbocycles. The van der Waals surface area contributed by atoms with Crippen LogP contribution in [0.2, 0.25) is 0 Å². The molecule has 2 N–H and O–H groups in total. The zero-order valence-electron chi connectivity index (χ0n) is 16.0. The van der Waals surface area contributed by atoms with E-state index in [1.165, 1.54) is 6.07 Å². The predicted molar refractivity (Wildman–Crippen MR) is 124 cm³/mol. The van der Waals surface area contributed by atoms with Crippen LogP contribution in [-0.4, -0.2) is 35.6 Å². The fourth-order valence-electron chi connectivity index (χ4n) is 3.08. The number of aliphatic imine (C=N–C) groups is 1. The minimum absolute atomic E-state index is 0. The molecule has 1 atom stereocenters. The van der Waals surface area contributed by atoms with Crippen molar-refractivity contribution in [2.75, 3.05) is 25.4 Å². The second-order valence-electron chi connectivity index (χ2n) is 6.74. The third-order valence-electron chi connectivity index (χ3n) is 4.77. The second kappa shape index (κ2) is 10.9. The summed E-state index contributed by atoms with van der Waals surface area (Å²) >= 11 is 0. The van der Waals surface area contributed by atoms with Gasteiger partial charge in [-0.2, -0.15) is 0 Å². The lowest BCUT2D eigenvalue weighted by Crippen LogP contribution is -2.39. The fraction of sp³-hybridized carbons (Fsp3) is 0.381. The maximum Gasteiger partial charge on any atom is 0.191 e. The highest BCUT2D eigenvalue weighted by Crippen LogP contribution is 2.49. The zero-order valence-corrected chi connectivity index (χ0v) is 19.1. The summed E-state index contributed by atoms with van der Waals surface area (Å²) in [5.41, 5.74) is 0.579. The van der Waals surface area contributed by atoms with E-state index >= 15 is 0 Å². The van der Waals surface area contributed by atoms with Crippen LogP contribution in [0.1, 0.15) is 25.3 Å². The van der Waals surface area contributed by atoms with E-state index in [1.54, 1.807) is 6.07 Å². The fourth-order valence-corrected chi connectivity index (χ4v) is 4.06. The van der Waals surface area contributed by atoms with Crippen molar-refractivity contribution in [2.24, 2.45) is 4.99 Å². The minimum atomic E-state index is -1.04. The molecule has 0 bridgehead atoms. The molecule has 152 valence electrons. The molecule has 3 rings (SSSR count). The van der Waals surface area contributed by atoms with E-state index in [2.05, 4.69) is 15.6 Å². The van der Waals surface area contributed by atoms with E-state index in [-0.39, 0.29) is 35.2 Å². The van der Waals surface area contributed by atoms with E-state index in [0.717, 1.165) is 29.8 Å². The molecular formula is C21H27FIN3OS. The number of halogens is 2. The van der Waals surface area contributed by atoms with Gasteiger partial charge in [-0.3, -0.25) is 9.20 Å². The normalized spacial score (nSPS) is 16.0. The van der Waals surface area contributed by atoms with Gasteiger partial charge in [0.05, 0.1) is 17.3 Å². The number of guanidine groups is 1. The van der Waals surface area contributed by atoms with Gasteiger partial charge in [0.15, 0.2) is 5.96 Å². The van der Waals surface area contributed by atoms with Crippen molar-refractivity contribution in [2.45, 2.75) is 30.1 Å². The van der Waals surface area contributed by atoms with E-state index in [9.17, 15) is 8.60 Å². The van der Waals surface area contributed by atoms with Gasteiger partial charge in [-0.25, -0.2) is 4.39 Å². The van der Waals surface area contributed by atoms with Crippen LogP contribution in [0, 0.1) is 5.82 Å². The Morgan fingerprint density at radius 2 is 1.79 bits per heavy atom. The van der Waals surface area contributed by atoms with Crippen LogP contribution in [0.15, 0.2) is 64.5 Å². The Hall–Kier alpha value is -1.48. The summed E-state index contributed by atoms with van der Waals surface area (Å²) in [6.45, 7) is 3.84. The summed E-state index contributed by atoms with van der Waals surface area (Å²) in [7, 11) is -1.04. The van der Waals surface area contributed by atoms with Gasteiger partial charge in [0, 0.05) is 29.2 Å². The minimum Gasteiger partial charge on any atom is -0.357 e. The molecule has 0 amide bonds. The van der Waals surface area contributed by atoms with Crippen molar-refractivity contribution >= 4 is 40.7 Å². The van der Waals surface area contributed by atoms with Gasteiger partial charge in [-0.15, -0.1) is 24.0 Å². The number of benzene rings is 2. The standard InChI is InChI=1S/C21H26FN3OS.HI/c1-2-23-20(24-14-15-27(26)17-8-4-3-5-9-17)25-16-21(12-13-21)18-10-6-7-11-19(18)22;/h3-11H,2,12-16H2,1H3,(H2,23,24,25);1H. The van der Waals surface area contributed by atoms with Crippen LogP contribution < -0.4 is 10.6 Å². The summed E-state index contributed by atoms with van der Waals surface area (Å²) in [6.07, 6.45) is 1.91. The molecule has 2 aromatic carbocycles. The first kappa shape index (κ1) is 22.8. The van der Waals surface area contributed by atoms with Gasteiger partial charge in [0.1, 0.15) is 5.82 Å². The van der Waals surface area contributed by atoms with Crippen molar-refractivity contribution in [1.82, 2.24) is 10.6 Å². The predicted octanol–water partition coefficient (Wildman–Crippen LogP) is 3.84. The topological polar surface area (TPSA) is 53.5 Å². The van der Waals surface area contributed by atoms with E-state index in [1.807, 2.05) is 49.4 Å². The lowest BCUT2D eigenvalue weighted by atomic mass is 9.95. The van der Waals surface area contributed by atoms with Crippen molar-refractivity contribution < 1.29 is 8.60 Å². The molecule has 1 aliphatic carbocycles. The summed E-state index contributed by atoms with van der Waals surface area (Å²) < 4.78 is 26.4. The molecule has 1 unspecified atom stereocenters. The number of hydrogen-bond acceptors (Lipinski definition) is 2. The molecule has 0 radical (unpaired) electrons. The van der Waals surface area contributed by atoms with Crippen LogP contribution in [-0.2, 0) is 16.2 Å². The van der Waals surface area contributed by atoms with Gasteiger partial charge in [0.2, 0.25) is 0 Å². The number of nitrogens with zero attached hydrogens (tertiary/aromatic N) is 1. The third-order valence-corrected chi connectivity index (χ3v) is 6.14. The van der Waals surface area contributed by atoms with Crippen molar-refractivity contribution in [1.29, 1.82) is 0 Å². The van der Waals surface area contributed by atoms with Gasteiger partial charge in [-0.05, 0) is 43.5 Å². The second-order valence-corrected chi connectivity index (χ2v) is 8.32. The molecule has 7 heteroatoms. The van der Waals surface area contributed by atoms with Gasteiger partial charge >= 0.3 is 0 Å². The van der Waals surface area contributed by atoms with Gasteiger partial charge in [-0.1, -0.05) is 36.4 Å². The molecule has 0 aliphatic heterocycles. The molecule has 4 nitrogen and oxygen atoms in total. The molecule has 1 aliphatic rings. The Morgan fingerprint density at radius 1 is 1.11 bits per heavy atom. The number of rotatable bonds is 8. The summed E-state index contributed by atoms with van der Waals surface area (Å²) in [6, 6.07) is 16.4. The number of hydrogen-bond donors (Lipinski definition) is 2. The largest absolute Gasteiger partial charge is 0.357 e. The van der Waals surface area contributed by atoms with E-state index < -0.39 is 10.8 Å². The van der Waals surface area contributed by atoms with E-state index in [4.69, 9.17) is 0 Å². The SMILES string of the molecule is CCNC(=NCC1(c2ccccc2F)CC1)NCCS(=O)c1ccccc1.I. The third kappa shape index (κ3) is 6.01. The van der Waals surface area contributed by atoms with Gasteiger partial charge < -0.3 is 10.6 Å². The monoisotopic (exact) mass is 515 g/mol. The highest BCUT2D eigenvalue weighted by Gasteiger charge is 2.45. The Balaban J connectivity index is 0.00000280. The van der Waals surface area contributed by atoms with E-state index in [0.29, 0.717) is 24.8 Å². The lowest BCUT2D eigenvalue weighted by Gasteiger charge is -2.16. The van der Waals surface area contributed by atoms with Crippen molar-refractivity contribution in [3.8, 4) is 0 Å². The van der Waals surface area contributed by atoms with Crippen LogP contribution in [0.25, 0.3) is 0 Å². The van der Waals surface area contributed by atoms with Crippen LogP contribution in [0.5, 0.6) is 0 Å². The lowest BCUT2D eigenvalue weighted by molar-refractivity contribution is 0.572. The Bertz CT molecular complexity index is 812. The maximum absolute atomic E-state index is 14.1. The average molecular weight is 515 g/mol. The van der Waals surface area contributed by atoms with Crippen molar-refractivity contribution in [3.63, 3.8) is 0 Å². The number of nitrogens with one attached hydrogen (secondary N) is 2. The van der Waals surface area contributed by atoms with Crippen LogP contribution >= 0.6 is 24.0 Å². The molecule has 0 saturated heterocycles. The van der Waals surface area contributed by atoms with Gasteiger partial charge in [0.25, 0.3) is 0 Å². The first-order valence-electron chi connectivity index (χ1n) is 9.35. The molecule has 28 heavy (non-hydrogen) atoms. The first-order chi connectivity index (χ1) is 13.1. The molecule has 1 fully saturated rings. The molecular weight excluding hydrogens is 488 g/mol. The Kier molecular flexibility index (Phi) is 8.88.